The van der Waals surface area contributed by atoms with E-state index in [1.54, 1.807) is 14.2 Å². The highest BCUT2D eigenvalue weighted by atomic mass is 16.5. The molecule has 6 heterocycles. The van der Waals surface area contributed by atoms with Gasteiger partial charge in [-0.25, -0.2) is 0 Å². The molecule has 240 valence electrons. The average Bonchev–Trinajstić information content (AvgIpc) is 3.08. The number of amides is 1. The van der Waals surface area contributed by atoms with Crippen LogP contribution in [-0.4, -0.2) is 83.5 Å². The van der Waals surface area contributed by atoms with Crippen LogP contribution in [0.25, 0.3) is 11.3 Å². The number of hydrogen-bond donors (Lipinski definition) is 0. The monoisotopic (exact) mass is 619 g/mol. The van der Waals surface area contributed by atoms with Crippen LogP contribution in [0.1, 0.15) is 71.7 Å². The van der Waals surface area contributed by atoms with Gasteiger partial charge in [-0.2, -0.15) is 0 Å². The summed E-state index contributed by atoms with van der Waals surface area (Å²) in [6, 6.07) is 14.2. The normalized spacial score (nSPS) is 22.5. The van der Waals surface area contributed by atoms with Crippen LogP contribution in [0.15, 0.2) is 61.6 Å². The van der Waals surface area contributed by atoms with E-state index in [-0.39, 0.29) is 11.9 Å². The highest BCUT2D eigenvalue weighted by Crippen LogP contribution is 2.42. The van der Waals surface area contributed by atoms with Crippen LogP contribution in [0.2, 0.25) is 0 Å². The van der Waals surface area contributed by atoms with Gasteiger partial charge in [0.05, 0.1) is 25.8 Å². The lowest BCUT2D eigenvalue weighted by atomic mass is 9.84. The number of pyridine rings is 1. The molecule has 3 saturated heterocycles. The van der Waals surface area contributed by atoms with Gasteiger partial charge >= 0.3 is 0 Å². The highest BCUT2D eigenvalue weighted by molar-refractivity contribution is 5.90. The van der Waals surface area contributed by atoms with Crippen molar-refractivity contribution in [2.45, 2.75) is 64.3 Å². The average molecular weight is 620 g/mol. The number of fused-ring (bicyclic) bond motifs is 4. The number of carbonyl (C=O) groups excluding carboxylic acids is 1. The Kier molecular flexibility index (Phi) is 8.11. The molecule has 3 fully saturated rings. The Labute approximate surface area is 272 Å². The smallest absolute Gasteiger partial charge is 0.222 e. The Hall–Kier alpha value is -4.14. The van der Waals surface area contributed by atoms with Crippen molar-refractivity contribution < 1.29 is 14.3 Å². The molecule has 2 aromatic carbocycles. The predicted molar refractivity (Wildman–Crippen MR) is 181 cm³/mol. The van der Waals surface area contributed by atoms with E-state index in [9.17, 15) is 4.79 Å². The first kappa shape index (κ1) is 30.5. The predicted octanol–water partition coefficient (Wildman–Crippen LogP) is 5.72. The van der Waals surface area contributed by atoms with Gasteiger partial charge in [0.2, 0.25) is 5.91 Å². The third kappa shape index (κ3) is 5.17. The van der Waals surface area contributed by atoms with Crippen LogP contribution in [0.4, 0.5) is 0 Å². The number of carbonyl (C=O) groups is 1. The molecular formula is C38H45N5O3. The number of rotatable bonds is 8. The van der Waals surface area contributed by atoms with Crippen LogP contribution in [0.3, 0.4) is 0 Å². The Morgan fingerprint density at radius 2 is 1.78 bits per heavy atom. The second-order valence-electron chi connectivity index (χ2n) is 13.1. The third-order valence-electron chi connectivity index (χ3n) is 10.7. The van der Waals surface area contributed by atoms with Gasteiger partial charge in [-0.1, -0.05) is 31.7 Å². The number of ether oxygens (including phenoxy) is 2. The second kappa shape index (κ2) is 12.2. The largest absolute Gasteiger partial charge is 0.496 e. The second-order valence-corrected chi connectivity index (χ2v) is 13.1. The van der Waals surface area contributed by atoms with Crippen LogP contribution in [0.5, 0.6) is 11.5 Å². The van der Waals surface area contributed by atoms with Crippen molar-refractivity contribution in [3.63, 3.8) is 0 Å². The zero-order valence-electron chi connectivity index (χ0n) is 27.8. The van der Waals surface area contributed by atoms with Crippen LogP contribution >= 0.6 is 0 Å². The minimum absolute atomic E-state index is 0.139. The molecule has 8 rings (SSSR count). The SMILES string of the molecule is C=C1c2cnccc2C(c2cc(OC)c(CN3CC4CC(C3)N4Cc3cccc4c3CCN(C(=O)CC)C4C)c(OC)c2)=CN1C. The van der Waals surface area contributed by atoms with Gasteiger partial charge in [-0.05, 0) is 65.8 Å². The first-order valence-corrected chi connectivity index (χ1v) is 16.5. The maximum Gasteiger partial charge on any atom is 0.222 e. The zero-order valence-corrected chi connectivity index (χ0v) is 27.8. The number of piperidine rings is 1. The lowest BCUT2D eigenvalue weighted by Crippen LogP contribution is -2.67. The zero-order chi connectivity index (χ0) is 32.1. The topological polar surface area (TPSA) is 61.4 Å². The van der Waals surface area contributed by atoms with E-state index in [0.29, 0.717) is 18.5 Å². The Morgan fingerprint density at radius 1 is 1.04 bits per heavy atom. The number of nitrogens with zero attached hydrogens (tertiary/aromatic N) is 5. The molecule has 0 spiro atoms. The molecule has 1 aromatic heterocycles. The Balaban J connectivity index is 1.07. The quantitative estimate of drug-likeness (QED) is 0.320. The van der Waals surface area contributed by atoms with Crippen molar-refractivity contribution in [2.24, 2.45) is 0 Å². The molecule has 0 radical (unpaired) electrons. The molecule has 0 aliphatic carbocycles. The van der Waals surface area contributed by atoms with E-state index in [4.69, 9.17) is 9.47 Å². The summed E-state index contributed by atoms with van der Waals surface area (Å²) in [7, 11) is 5.51. The molecule has 8 heteroatoms. The molecule has 3 atom stereocenters. The summed E-state index contributed by atoms with van der Waals surface area (Å²) >= 11 is 0. The summed E-state index contributed by atoms with van der Waals surface area (Å²) in [5.74, 6) is 1.93. The number of benzene rings is 2. The molecule has 2 bridgehead atoms. The van der Waals surface area contributed by atoms with E-state index < -0.39 is 0 Å². The van der Waals surface area contributed by atoms with Gasteiger partial charge in [-0.3, -0.25) is 19.6 Å². The molecule has 46 heavy (non-hydrogen) atoms. The van der Waals surface area contributed by atoms with Gasteiger partial charge in [0.15, 0.2) is 0 Å². The lowest BCUT2D eigenvalue weighted by molar-refractivity contribution is -0.133. The van der Waals surface area contributed by atoms with E-state index in [1.165, 1.54) is 23.1 Å². The first-order valence-electron chi connectivity index (χ1n) is 16.5. The van der Waals surface area contributed by atoms with Gasteiger partial charge in [0, 0.05) is 93.7 Å². The molecule has 3 aromatic rings. The fourth-order valence-electron chi connectivity index (χ4n) is 8.13. The standard InChI is InChI=1S/C38H45N5O3/c1-7-38(44)42-14-12-31-26(9-8-10-30(31)25(42)3)19-43-28-17-29(43)21-41(20-28)23-35-36(45-5)15-27(16-37(35)46-6)34-22-40(4)24(2)33-18-39-13-11-32(33)34/h8-11,13,15-16,18,22,25,28-29H,2,7,12,14,17,19-21,23H2,1,3-6H3. The molecule has 8 nitrogen and oxygen atoms in total. The summed E-state index contributed by atoms with van der Waals surface area (Å²) in [6.07, 6.45) is 8.58. The number of aromatic nitrogens is 1. The minimum atomic E-state index is 0.139. The fraction of sp³-hybridized carbons (Fsp3) is 0.421. The molecule has 1 amide bonds. The van der Waals surface area contributed by atoms with Crippen molar-refractivity contribution in [1.29, 1.82) is 0 Å². The van der Waals surface area contributed by atoms with E-state index in [2.05, 4.69) is 69.7 Å². The van der Waals surface area contributed by atoms with Crippen molar-refractivity contribution in [2.75, 3.05) is 40.9 Å². The van der Waals surface area contributed by atoms with E-state index >= 15 is 0 Å². The maximum absolute atomic E-state index is 12.5. The molecule has 5 aliphatic heterocycles. The molecule has 3 unspecified atom stereocenters. The molecular weight excluding hydrogens is 574 g/mol. The van der Waals surface area contributed by atoms with Crippen LogP contribution in [-0.2, 0) is 24.3 Å². The fourth-order valence-corrected chi connectivity index (χ4v) is 8.13. The van der Waals surface area contributed by atoms with E-state index in [0.717, 1.165) is 84.2 Å². The molecule has 0 N–H and O–H groups in total. The van der Waals surface area contributed by atoms with Gasteiger partial charge in [0.1, 0.15) is 11.5 Å². The summed E-state index contributed by atoms with van der Waals surface area (Å²) in [5, 5.41) is 0. The third-order valence-corrected chi connectivity index (χ3v) is 10.7. The summed E-state index contributed by atoms with van der Waals surface area (Å²) in [4.78, 5) is 26.2. The number of piperazine rings is 1. The van der Waals surface area contributed by atoms with Crippen LogP contribution < -0.4 is 9.47 Å². The summed E-state index contributed by atoms with van der Waals surface area (Å²) in [6.45, 7) is 13.0. The van der Waals surface area contributed by atoms with E-state index in [1.807, 2.05) is 37.3 Å². The van der Waals surface area contributed by atoms with Crippen molar-refractivity contribution in [3.8, 4) is 11.5 Å². The van der Waals surface area contributed by atoms with Gasteiger partial charge in [0.25, 0.3) is 0 Å². The molecule has 5 aliphatic rings. The Bertz CT molecular complexity index is 1680. The number of methoxy groups -OCH3 is 2. The highest BCUT2D eigenvalue weighted by Gasteiger charge is 2.45. The van der Waals surface area contributed by atoms with Gasteiger partial charge < -0.3 is 19.3 Å². The van der Waals surface area contributed by atoms with Crippen molar-refractivity contribution in [1.82, 2.24) is 24.6 Å². The van der Waals surface area contributed by atoms with Crippen molar-refractivity contribution >= 4 is 17.2 Å². The van der Waals surface area contributed by atoms with Crippen LogP contribution in [0, 0.1) is 0 Å². The van der Waals surface area contributed by atoms with Gasteiger partial charge in [-0.15, -0.1) is 0 Å². The first-order chi connectivity index (χ1) is 22.3. The summed E-state index contributed by atoms with van der Waals surface area (Å²) in [5.41, 5.74) is 10.5. The van der Waals surface area contributed by atoms with Crippen molar-refractivity contribution in [3.05, 3.63) is 101 Å². The summed E-state index contributed by atoms with van der Waals surface area (Å²) < 4.78 is 12.0. The maximum atomic E-state index is 12.5. The Morgan fingerprint density at radius 3 is 2.48 bits per heavy atom. The minimum Gasteiger partial charge on any atom is -0.496 e. The number of hydrogen-bond acceptors (Lipinski definition) is 7. The molecule has 0 saturated carbocycles. The lowest BCUT2D eigenvalue weighted by Gasteiger charge is -2.57.